The summed E-state index contributed by atoms with van der Waals surface area (Å²) in [5.41, 5.74) is 2.01. The number of hydrogen-bond donors (Lipinski definition) is 1. The summed E-state index contributed by atoms with van der Waals surface area (Å²) in [5, 5.41) is 2.89. The highest BCUT2D eigenvalue weighted by Gasteiger charge is 2.29. The summed E-state index contributed by atoms with van der Waals surface area (Å²) < 4.78 is 28.2. The van der Waals surface area contributed by atoms with Crippen molar-refractivity contribution < 1.29 is 13.6 Å². The van der Waals surface area contributed by atoms with Gasteiger partial charge in [-0.1, -0.05) is 19.9 Å². The number of hydrogen-bond acceptors (Lipinski definition) is 4. The Hall–Kier alpha value is -3.16. The predicted molar refractivity (Wildman–Crippen MR) is 108 cm³/mol. The van der Waals surface area contributed by atoms with Gasteiger partial charge in [-0.2, -0.15) is 0 Å². The van der Waals surface area contributed by atoms with Gasteiger partial charge < -0.3 is 5.32 Å². The second-order valence-electron chi connectivity index (χ2n) is 6.84. The molecule has 3 aromatic rings. The fourth-order valence-corrected chi connectivity index (χ4v) is 2.92. The summed E-state index contributed by atoms with van der Waals surface area (Å²) in [6, 6.07) is 8.61. The molecule has 1 aromatic carbocycles. The number of aromatic nitrogens is 3. The first-order valence-electron chi connectivity index (χ1n) is 9.46. The molecule has 0 saturated heterocycles. The number of carbonyl (C=O) groups excluding carboxylic acids is 1. The zero-order valence-electron chi connectivity index (χ0n) is 16.3. The molecule has 0 aliphatic heterocycles. The van der Waals surface area contributed by atoms with Crippen LogP contribution in [0.4, 0.5) is 14.6 Å². The van der Waals surface area contributed by atoms with Crippen LogP contribution in [0.5, 0.6) is 0 Å². The number of rotatable bonds is 7. The number of carbonyl (C=O) groups is 1. The molecule has 29 heavy (non-hydrogen) atoms. The highest BCUT2D eigenvalue weighted by Crippen LogP contribution is 2.24. The van der Waals surface area contributed by atoms with Gasteiger partial charge in [0, 0.05) is 24.7 Å². The van der Waals surface area contributed by atoms with Crippen molar-refractivity contribution in [3.8, 4) is 11.1 Å². The van der Waals surface area contributed by atoms with Gasteiger partial charge in [-0.05, 0) is 36.2 Å². The molecule has 0 spiro atoms. The summed E-state index contributed by atoms with van der Waals surface area (Å²) in [6.45, 7) is 3.91. The van der Waals surface area contributed by atoms with Crippen LogP contribution < -0.4 is 10.9 Å². The summed E-state index contributed by atoms with van der Waals surface area (Å²) in [4.78, 5) is 32.8. The monoisotopic (exact) mass is 400 g/mol. The van der Waals surface area contributed by atoms with Crippen molar-refractivity contribution in [1.82, 2.24) is 14.5 Å². The zero-order valence-corrected chi connectivity index (χ0v) is 16.3. The number of amides is 1. The van der Waals surface area contributed by atoms with Gasteiger partial charge in [0.15, 0.2) is 0 Å². The van der Waals surface area contributed by atoms with Gasteiger partial charge in [-0.15, -0.1) is 0 Å². The van der Waals surface area contributed by atoms with Crippen molar-refractivity contribution in [2.24, 2.45) is 0 Å². The summed E-state index contributed by atoms with van der Waals surface area (Å²) in [7, 11) is 0. The third-order valence-electron chi connectivity index (χ3n) is 4.59. The van der Waals surface area contributed by atoms with E-state index in [1.807, 2.05) is 13.0 Å². The molecule has 0 bridgehead atoms. The number of pyridine rings is 1. The standard InChI is InChI=1S/C21H22F2N4O2/c1-3-9-27-13-25-17-7-5-14(10-16(17)20(27)29)15-6-8-18(24-12-15)26-19(28)11-21(22,23)4-2/h5-8,10,12-13H,3-4,9,11H2,1-2H3,(H,24,26,28). The Kier molecular flexibility index (Phi) is 6.00. The molecule has 2 heterocycles. The van der Waals surface area contributed by atoms with Crippen LogP contribution in [0.15, 0.2) is 47.7 Å². The van der Waals surface area contributed by atoms with Crippen LogP contribution in [0.25, 0.3) is 22.0 Å². The lowest BCUT2D eigenvalue weighted by atomic mass is 10.1. The van der Waals surface area contributed by atoms with E-state index in [2.05, 4.69) is 15.3 Å². The summed E-state index contributed by atoms with van der Waals surface area (Å²) in [6.07, 6.45) is 2.62. The van der Waals surface area contributed by atoms with Crippen molar-refractivity contribution in [1.29, 1.82) is 0 Å². The summed E-state index contributed by atoms with van der Waals surface area (Å²) in [5.74, 6) is -3.63. The van der Waals surface area contributed by atoms with Crippen molar-refractivity contribution in [2.75, 3.05) is 5.32 Å². The third kappa shape index (κ3) is 4.82. The first-order valence-corrected chi connectivity index (χ1v) is 9.46. The van der Waals surface area contributed by atoms with Crippen molar-refractivity contribution in [3.05, 3.63) is 53.2 Å². The maximum Gasteiger partial charge on any atom is 0.261 e. The van der Waals surface area contributed by atoms with Gasteiger partial charge in [-0.3, -0.25) is 14.2 Å². The van der Waals surface area contributed by atoms with E-state index in [0.717, 1.165) is 17.5 Å². The SMILES string of the molecule is CCCn1cnc2ccc(-c3ccc(NC(=O)CC(F)(F)CC)nc3)cc2c1=O. The molecule has 0 aliphatic carbocycles. The fourth-order valence-electron chi connectivity index (χ4n) is 2.92. The minimum absolute atomic E-state index is 0.104. The minimum atomic E-state index is -3.03. The molecule has 6 nitrogen and oxygen atoms in total. The molecule has 152 valence electrons. The third-order valence-corrected chi connectivity index (χ3v) is 4.59. The highest BCUT2D eigenvalue weighted by molar-refractivity contribution is 5.90. The largest absolute Gasteiger partial charge is 0.311 e. The van der Waals surface area contributed by atoms with Crippen LogP contribution in [0.1, 0.15) is 33.1 Å². The first-order chi connectivity index (χ1) is 13.8. The lowest BCUT2D eigenvalue weighted by Gasteiger charge is -2.13. The van der Waals surface area contributed by atoms with Crippen LogP contribution in [0, 0.1) is 0 Å². The molecular weight excluding hydrogens is 378 g/mol. The van der Waals surface area contributed by atoms with Crippen LogP contribution in [-0.2, 0) is 11.3 Å². The Labute approximate surface area is 166 Å². The number of fused-ring (bicyclic) bond motifs is 1. The number of aryl methyl sites for hydroxylation is 1. The quantitative estimate of drug-likeness (QED) is 0.643. The normalized spacial score (nSPS) is 11.6. The van der Waals surface area contributed by atoms with Crippen molar-refractivity contribution in [2.45, 2.75) is 45.6 Å². The van der Waals surface area contributed by atoms with Gasteiger partial charge in [0.05, 0.1) is 23.7 Å². The number of halogens is 2. The molecule has 0 aliphatic rings. The lowest BCUT2D eigenvalue weighted by Crippen LogP contribution is -2.24. The van der Waals surface area contributed by atoms with Crippen LogP contribution >= 0.6 is 0 Å². The fraction of sp³-hybridized carbons (Fsp3) is 0.333. The van der Waals surface area contributed by atoms with Crippen LogP contribution in [0.2, 0.25) is 0 Å². The van der Waals surface area contributed by atoms with Crippen LogP contribution in [-0.4, -0.2) is 26.4 Å². The zero-order chi connectivity index (χ0) is 21.0. The molecule has 0 fully saturated rings. The number of alkyl halides is 2. The molecular formula is C21H22F2N4O2. The molecule has 1 amide bonds. The Bertz CT molecular complexity index is 1080. The van der Waals surface area contributed by atoms with Gasteiger partial charge in [0.2, 0.25) is 5.91 Å². The van der Waals surface area contributed by atoms with E-state index in [9.17, 15) is 18.4 Å². The Morgan fingerprint density at radius 2 is 1.90 bits per heavy atom. The molecule has 2 aromatic heterocycles. The predicted octanol–water partition coefficient (Wildman–Crippen LogP) is 4.24. The second-order valence-corrected chi connectivity index (χ2v) is 6.84. The Morgan fingerprint density at radius 3 is 2.55 bits per heavy atom. The van der Waals surface area contributed by atoms with Crippen molar-refractivity contribution in [3.63, 3.8) is 0 Å². The molecule has 1 N–H and O–H groups in total. The molecule has 0 radical (unpaired) electrons. The highest BCUT2D eigenvalue weighted by atomic mass is 19.3. The smallest absolute Gasteiger partial charge is 0.261 e. The number of benzene rings is 1. The van der Waals surface area contributed by atoms with E-state index in [4.69, 9.17) is 0 Å². The lowest BCUT2D eigenvalue weighted by molar-refractivity contribution is -0.123. The molecule has 0 saturated carbocycles. The van der Waals surface area contributed by atoms with E-state index in [0.29, 0.717) is 17.4 Å². The topological polar surface area (TPSA) is 76.9 Å². The second kappa shape index (κ2) is 8.46. The van der Waals surface area contributed by atoms with Gasteiger partial charge in [0.25, 0.3) is 11.5 Å². The molecule has 3 rings (SSSR count). The molecule has 8 heteroatoms. The average molecular weight is 400 g/mol. The summed E-state index contributed by atoms with van der Waals surface area (Å²) >= 11 is 0. The van der Waals surface area contributed by atoms with Gasteiger partial charge >= 0.3 is 0 Å². The average Bonchev–Trinajstić information content (AvgIpc) is 2.70. The maximum atomic E-state index is 13.3. The Morgan fingerprint density at radius 1 is 1.14 bits per heavy atom. The van der Waals surface area contributed by atoms with E-state index < -0.39 is 24.7 Å². The van der Waals surface area contributed by atoms with E-state index in [1.54, 1.807) is 35.2 Å². The number of nitrogens with zero attached hydrogens (tertiary/aromatic N) is 3. The molecule has 0 atom stereocenters. The van der Waals surface area contributed by atoms with Crippen LogP contribution in [0.3, 0.4) is 0 Å². The van der Waals surface area contributed by atoms with E-state index in [1.165, 1.54) is 13.1 Å². The van der Waals surface area contributed by atoms with Gasteiger partial charge in [-0.25, -0.2) is 18.7 Å². The maximum absolute atomic E-state index is 13.3. The van der Waals surface area contributed by atoms with Gasteiger partial charge in [0.1, 0.15) is 5.82 Å². The van der Waals surface area contributed by atoms with E-state index >= 15 is 0 Å². The minimum Gasteiger partial charge on any atom is -0.311 e. The number of nitrogens with one attached hydrogen (secondary N) is 1. The molecule has 0 unspecified atom stereocenters. The Balaban J connectivity index is 1.82. The van der Waals surface area contributed by atoms with Crippen molar-refractivity contribution >= 4 is 22.6 Å². The number of anilines is 1. The first kappa shape index (κ1) is 20.6. The van der Waals surface area contributed by atoms with E-state index in [-0.39, 0.29) is 11.4 Å².